The molecule has 0 unspecified atom stereocenters. The third kappa shape index (κ3) is 5.57. The topological polar surface area (TPSA) is 87.2 Å². The van der Waals surface area contributed by atoms with Crippen LogP contribution in [0.25, 0.3) is 0 Å². The molecule has 2 heterocycles. The van der Waals surface area contributed by atoms with Gasteiger partial charge in [0.2, 0.25) is 15.9 Å². The van der Waals surface area contributed by atoms with Gasteiger partial charge in [-0.05, 0) is 82.6 Å². The van der Waals surface area contributed by atoms with Gasteiger partial charge in [0.25, 0.3) is 0 Å². The minimum absolute atomic E-state index is 0.0645. The molecule has 1 aromatic carbocycles. The van der Waals surface area contributed by atoms with Crippen molar-refractivity contribution in [3.63, 3.8) is 0 Å². The molecule has 0 saturated carbocycles. The van der Waals surface area contributed by atoms with Crippen molar-refractivity contribution in [3.8, 4) is 0 Å². The Hall–Kier alpha value is -2.13. The summed E-state index contributed by atoms with van der Waals surface area (Å²) < 4.78 is 33.4. The van der Waals surface area contributed by atoms with E-state index in [1.165, 1.54) is 9.87 Å². The highest BCUT2D eigenvalue weighted by atomic mass is 32.2. The van der Waals surface area contributed by atoms with E-state index in [1.54, 1.807) is 15.9 Å². The van der Waals surface area contributed by atoms with E-state index in [1.807, 2.05) is 32.9 Å². The number of aryl methyl sites for hydroxylation is 2. The monoisotopic (exact) mass is 491 g/mol. The zero-order valence-corrected chi connectivity index (χ0v) is 21.4. The standard InChI is InChI=1S/C25H37N3O5S/c1-25(2,3)33-24(30)27-12-10-20(11-13-27)23(29)26-14-16-28(17-15-26)34(31,32)22-9-8-19-6-4-5-7-21(19)18-22/h8-9,18,20H,4-7,10-17H2,1-3H3. The van der Waals surface area contributed by atoms with Crippen LogP contribution in [0.5, 0.6) is 0 Å². The summed E-state index contributed by atoms with van der Waals surface area (Å²) >= 11 is 0. The number of fused-ring (bicyclic) bond motifs is 1. The average molecular weight is 492 g/mol. The van der Waals surface area contributed by atoms with Crippen LogP contribution in [0.1, 0.15) is 57.6 Å². The predicted molar refractivity (Wildman–Crippen MR) is 129 cm³/mol. The minimum Gasteiger partial charge on any atom is -0.444 e. The van der Waals surface area contributed by atoms with E-state index in [4.69, 9.17) is 4.74 Å². The van der Waals surface area contributed by atoms with E-state index in [-0.39, 0.29) is 17.9 Å². The van der Waals surface area contributed by atoms with Gasteiger partial charge in [-0.1, -0.05) is 6.07 Å². The van der Waals surface area contributed by atoms with Crippen LogP contribution in [0.3, 0.4) is 0 Å². The Morgan fingerprint density at radius 1 is 0.882 bits per heavy atom. The molecule has 0 N–H and O–H groups in total. The molecule has 3 aliphatic rings. The number of amides is 2. The number of ether oxygens (including phenoxy) is 1. The van der Waals surface area contributed by atoms with Gasteiger partial charge >= 0.3 is 6.09 Å². The number of piperazine rings is 1. The highest BCUT2D eigenvalue weighted by Gasteiger charge is 2.35. The molecule has 2 saturated heterocycles. The second-order valence-corrected chi connectivity index (χ2v) is 12.5. The maximum Gasteiger partial charge on any atom is 0.410 e. The number of sulfonamides is 1. The summed E-state index contributed by atoms with van der Waals surface area (Å²) in [5, 5.41) is 0. The average Bonchev–Trinajstić information content (AvgIpc) is 2.82. The van der Waals surface area contributed by atoms with Crippen LogP contribution >= 0.6 is 0 Å². The van der Waals surface area contributed by atoms with E-state index in [2.05, 4.69) is 0 Å². The predicted octanol–water partition coefficient (Wildman–Crippen LogP) is 3.05. The Morgan fingerprint density at radius 2 is 1.50 bits per heavy atom. The Kier molecular flexibility index (Phi) is 7.24. The fraction of sp³-hybridized carbons (Fsp3) is 0.680. The largest absolute Gasteiger partial charge is 0.444 e. The lowest BCUT2D eigenvalue weighted by molar-refractivity contribution is -0.138. The molecule has 2 fully saturated rings. The Morgan fingerprint density at radius 3 is 2.12 bits per heavy atom. The third-order valence-electron chi connectivity index (χ3n) is 7.00. The molecule has 0 bridgehead atoms. The van der Waals surface area contributed by atoms with Crippen molar-refractivity contribution in [2.24, 2.45) is 5.92 Å². The number of nitrogens with zero attached hydrogens (tertiary/aromatic N) is 3. The van der Waals surface area contributed by atoms with Gasteiger partial charge in [-0.15, -0.1) is 0 Å². The maximum absolute atomic E-state index is 13.2. The van der Waals surface area contributed by atoms with Crippen LogP contribution in [0, 0.1) is 5.92 Å². The highest BCUT2D eigenvalue weighted by Crippen LogP contribution is 2.27. The SMILES string of the molecule is CC(C)(C)OC(=O)N1CCC(C(=O)N2CCN(S(=O)(=O)c3ccc4c(c3)CCCC4)CC2)CC1. The van der Waals surface area contributed by atoms with E-state index in [0.29, 0.717) is 57.0 Å². The lowest BCUT2D eigenvalue weighted by Crippen LogP contribution is -2.53. The van der Waals surface area contributed by atoms with Gasteiger partial charge in [0.05, 0.1) is 4.90 Å². The second kappa shape index (κ2) is 9.85. The minimum atomic E-state index is -3.56. The molecule has 2 aliphatic heterocycles. The van der Waals surface area contributed by atoms with Gasteiger partial charge in [0.1, 0.15) is 5.60 Å². The number of carbonyl (C=O) groups is 2. The van der Waals surface area contributed by atoms with Crippen LogP contribution in [0.4, 0.5) is 4.79 Å². The third-order valence-corrected chi connectivity index (χ3v) is 8.90. The summed E-state index contributed by atoms with van der Waals surface area (Å²) in [6, 6.07) is 5.54. The normalized spacial score (nSPS) is 20.7. The molecule has 0 radical (unpaired) electrons. The molecular weight excluding hydrogens is 454 g/mol. The maximum atomic E-state index is 13.2. The molecule has 1 aliphatic carbocycles. The van der Waals surface area contributed by atoms with Crippen molar-refractivity contribution >= 4 is 22.0 Å². The van der Waals surface area contributed by atoms with Crippen molar-refractivity contribution < 1.29 is 22.7 Å². The number of hydrogen-bond acceptors (Lipinski definition) is 5. The van der Waals surface area contributed by atoms with Crippen LogP contribution in [-0.2, 0) is 32.4 Å². The molecule has 34 heavy (non-hydrogen) atoms. The summed E-state index contributed by atoms with van der Waals surface area (Å²) in [5.74, 6) is -0.0721. The van der Waals surface area contributed by atoms with Crippen molar-refractivity contribution in [1.82, 2.24) is 14.1 Å². The molecule has 4 rings (SSSR count). The molecule has 8 nitrogen and oxygen atoms in total. The van der Waals surface area contributed by atoms with Crippen LogP contribution < -0.4 is 0 Å². The molecule has 1 aromatic rings. The van der Waals surface area contributed by atoms with Crippen molar-refractivity contribution in [2.75, 3.05) is 39.3 Å². The number of hydrogen-bond donors (Lipinski definition) is 0. The fourth-order valence-corrected chi connectivity index (χ4v) is 6.54. The molecule has 9 heteroatoms. The van der Waals surface area contributed by atoms with E-state index < -0.39 is 15.6 Å². The van der Waals surface area contributed by atoms with E-state index in [0.717, 1.165) is 31.2 Å². The quantitative estimate of drug-likeness (QED) is 0.649. The fourth-order valence-electron chi connectivity index (χ4n) is 5.06. The molecule has 0 atom stereocenters. The Labute approximate surface area is 203 Å². The zero-order chi connectivity index (χ0) is 24.5. The van der Waals surface area contributed by atoms with Crippen LogP contribution in [0.2, 0.25) is 0 Å². The molecule has 0 spiro atoms. The number of carbonyl (C=O) groups excluding carboxylic acids is 2. The highest BCUT2D eigenvalue weighted by molar-refractivity contribution is 7.89. The summed E-state index contributed by atoms with van der Waals surface area (Å²) in [5.41, 5.74) is 1.88. The first kappa shape index (κ1) is 25.0. The van der Waals surface area contributed by atoms with Crippen LogP contribution in [-0.4, -0.2) is 79.4 Å². The van der Waals surface area contributed by atoms with E-state index >= 15 is 0 Å². The van der Waals surface area contributed by atoms with Crippen molar-refractivity contribution in [1.29, 1.82) is 0 Å². The van der Waals surface area contributed by atoms with Crippen molar-refractivity contribution in [3.05, 3.63) is 29.3 Å². The Bertz CT molecular complexity index is 1020. The number of likely N-dealkylation sites (tertiary alicyclic amines) is 1. The molecule has 188 valence electrons. The molecular formula is C25H37N3O5S. The van der Waals surface area contributed by atoms with Gasteiger partial charge in [-0.3, -0.25) is 4.79 Å². The van der Waals surface area contributed by atoms with Crippen LogP contribution in [0.15, 0.2) is 23.1 Å². The molecule has 2 amide bonds. The first-order chi connectivity index (χ1) is 16.0. The lowest BCUT2D eigenvalue weighted by Gasteiger charge is -2.38. The molecule has 0 aromatic heterocycles. The number of rotatable bonds is 3. The summed E-state index contributed by atoms with van der Waals surface area (Å²) in [7, 11) is -3.56. The first-order valence-corrected chi connectivity index (χ1v) is 13.9. The smallest absolute Gasteiger partial charge is 0.410 e. The number of piperidine rings is 1. The van der Waals surface area contributed by atoms with Crippen molar-refractivity contribution in [2.45, 2.75) is 69.8 Å². The van der Waals surface area contributed by atoms with Gasteiger partial charge in [-0.2, -0.15) is 4.31 Å². The van der Waals surface area contributed by atoms with E-state index in [9.17, 15) is 18.0 Å². The summed E-state index contributed by atoms with van der Waals surface area (Å²) in [6.07, 6.45) is 5.10. The summed E-state index contributed by atoms with van der Waals surface area (Å²) in [4.78, 5) is 29.1. The lowest BCUT2D eigenvalue weighted by atomic mass is 9.92. The van der Waals surface area contributed by atoms with Gasteiger partial charge in [0.15, 0.2) is 0 Å². The zero-order valence-electron chi connectivity index (χ0n) is 20.6. The van der Waals surface area contributed by atoms with Gasteiger partial charge < -0.3 is 14.5 Å². The summed E-state index contributed by atoms with van der Waals surface area (Å²) in [6.45, 7) is 7.93. The second-order valence-electron chi connectivity index (χ2n) is 10.6. The Balaban J connectivity index is 1.30. The first-order valence-electron chi connectivity index (χ1n) is 12.4. The number of benzene rings is 1. The van der Waals surface area contributed by atoms with Gasteiger partial charge in [-0.25, -0.2) is 13.2 Å². The van der Waals surface area contributed by atoms with Gasteiger partial charge in [0, 0.05) is 45.2 Å².